The van der Waals surface area contributed by atoms with E-state index < -0.39 is 18.2 Å². The number of hydrogen-bond acceptors (Lipinski definition) is 3. The maximum atomic E-state index is 12.0. The van der Waals surface area contributed by atoms with Crippen LogP contribution in [0.3, 0.4) is 0 Å². The number of benzene rings is 1. The Morgan fingerprint density at radius 3 is 2.64 bits per heavy atom. The maximum Gasteiger partial charge on any atom is 0.338 e. The highest BCUT2D eigenvalue weighted by Gasteiger charge is 2.19. The van der Waals surface area contributed by atoms with E-state index in [1.165, 1.54) is 0 Å². The zero-order valence-electron chi connectivity index (χ0n) is 12.7. The lowest BCUT2D eigenvalue weighted by molar-refractivity contribution is 0.0210. The van der Waals surface area contributed by atoms with Crippen LogP contribution in [0.2, 0.25) is 0 Å². The zero-order valence-corrected chi connectivity index (χ0v) is 13.5. The number of carbonyl (C=O) groups is 1. The summed E-state index contributed by atoms with van der Waals surface area (Å²) < 4.78 is 5.34. The van der Waals surface area contributed by atoms with E-state index in [2.05, 4.69) is 13.2 Å². The number of halogens is 1. The number of ether oxygens (including phenoxy) is 1. The lowest BCUT2D eigenvalue weighted by atomic mass is 10.0. The molecule has 4 heteroatoms. The molecule has 0 fully saturated rings. The normalized spacial score (nSPS) is 13.2. The number of hydrogen-bond donors (Lipinski definition) is 1. The predicted octanol–water partition coefficient (Wildman–Crippen LogP) is 4.11. The van der Waals surface area contributed by atoms with Gasteiger partial charge in [-0.15, -0.1) is 18.2 Å². The van der Waals surface area contributed by atoms with Crippen molar-refractivity contribution in [3.63, 3.8) is 0 Å². The number of alkyl halides is 1. The van der Waals surface area contributed by atoms with Crippen LogP contribution < -0.4 is 0 Å². The highest BCUT2D eigenvalue weighted by atomic mass is 35.5. The summed E-state index contributed by atoms with van der Waals surface area (Å²) in [5, 5.41) is 10.1. The summed E-state index contributed by atoms with van der Waals surface area (Å²) in [5.41, 5.74) is 1.43. The molecule has 0 saturated carbocycles. The lowest BCUT2D eigenvalue weighted by Gasteiger charge is -2.19. The molecule has 1 N–H and O–H groups in total. The lowest BCUT2D eigenvalue weighted by Crippen LogP contribution is -2.25. The van der Waals surface area contributed by atoms with Crippen LogP contribution in [0, 0.1) is 0 Å². The van der Waals surface area contributed by atoms with Crippen molar-refractivity contribution in [1.82, 2.24) is 0 Å². The molecule has 0 aliphatic heterocycles. The number of aliphatic hydroxyl groups excluding tert-OH is 1. The van der Waals surface area contributed by atoms with Crippen LogP contribution in [-0.4, -0.2) is 29.2 Å². The van der Waals surface area contributed by atoms with E-state index in [0.29, 0.717) is 18.4 Å². The fraction of sp³-hybridized carbons (Fsp3) is 0.389. The Kier molecular flexibility index (Phi) is 8.56. The maximum absolute atomic E-state index is 12.0. The SMILES string of the molecule is C=CCCC(=C)C[C@H](O)C[C@H](CCl)OC(=O)c1ccccc1. The Bertz CT molecular complexity index is 484. The largest absolute Gasteiger partial charge is 0.457 e. The molecule has 0 unspecified atom stereocenters. The predicted molar refractivity (Wildman–Crippen MR) is 90.2 cm³/mol. The summed E-state index contributed by atoms with van der Waals surface area (Å²) in [6, 6.07) is 8.73. The van der Waals surface area contributed by atoms with Crippen molar-refractivity contribution in [3.8, 4) is 0 Å². The Labute approximate surface area is 137 Å². The highest BCUT2D eigenvalue weighted by Crippen LogP contribution is 2.16. The molecule has 120 valence electrons. The third-order valence-corrected chi connectivity index (χ3v) is 3.56. The molecule has 3 nitrogen and oxygen atoms in total. The fourth-order valence-corrected chi connectivity index (χ4v) is 2.25. The van der Waals surface area contributed by atoms with Crippen molar-refractivity contribution in [1.29, 1.82) is 0 Å². The minimum atomic E-state index is -0.621. The van der Waals surface area contributed by atoms with Gasteiger partial charge in [0.05, 0.1) is 17.5 Å². The average molecular weight is 323 g/mol. The molecule has 0 heterocycles. The Balaban J connectivity index is 2.45. The molecule has 1 aromatic rings. The second-order valence-electron chi connectivity index (χ2n) is 5.22. The summed E-state index contributed by atoms with van der Waals surface area (Å²) in [6.45, 7) is 7.58. The molecule has 0 bridgehead atoms. The Hall–Kier alpha value is -1.58. The second-order valence-corrected chi connectivity index (χ2v) is 5.53. The molecule has 0 radical (unpaired) electrons. The van der Waals surface area contributed by atoms with E-state index >= 15 is 0 Å². The van der Waals surface area contributed by atoms with Gasteiger partial charge in [-0.1, -0.05) is 36.4 Å². The van der Waals surface area contributed by atoms with E-state index in [1.807, 2.05) is 12.1 Å². The van der Waals surface area contributed by atoms with Crippen LogP contribution in [0.15, 0.2) is 55.1 Å². The van der Waals surface area contributed by atoms with Gasteiger partial charge in [-0.25, -0.2) is 4.79 Å². The number of allylic oxidation sites excluding steroid dienone is 1. The van der Waals surface area contributed by atoms with E-state index in [9.17, 15) is 9.90 Å². The van der Waals surface area contributed by atoms with Crippen molar-refractivity contribution in [2.75, 3.05) is 5.88 Å². The molecule has 0 aromatic heterocycles. The van der Waals surface area contributed by atoms with Crippen LogP contribution in [0.4, 0.5) is 0 Å². The van der Waals surface area contributed by atoms with Crippen molar-refractivity contribution >= 4 is 17.6 Å². The molecule has 22 heavy (non-hydrogen) atoms. The summed E-state index contributed by atoms with van der Waals surface area (Å²) >= 11 is 5.84. The third kappa shape index (κ3) is 6.92. The van der Waals surface area contributed by atoms with E-state index in [1.54, 1.807) is 24.3 Å². The molecule has 1 aromatic carbocycles. The van der Waals surface area contributed by atoms with Gasteiger partial charge in [0.1, 0.15) is 6.10 Å². The molecule has 0 spiro atoms. The van der Waals surface area contributed by atoms with Gasteiger partial charge in [0, 0.05) is 6.42 Å². The van der Waals surface area contributed by atoms with Crippen molar-refractivity contribution in [3.05, 3.63) is 60.7 Å². The standard InChI is InChI=1S/C18H23ClO3/c1-3-4-8-14(2)11-16(20)12-17(13-19)22-18(21)15-9-6-5-7-10-15/h3,5-7,9-10,16-17,20H,1-2,4,8,11-13H2/t16-,17+/m0/s1. The summed E-state index contributed by atoms with van der Waals surface area (Å²) in [7, 11) is 0. The Morgan fingerprint density at radius 1 is 1.36 bits per heavy atom. The smallest absolute Gasteiger partial charge is 0.338 e. The monoisotopic (exact) mass is 322 g/mol. The van der Waals surface area contributed by atoms with Gasteiger partial charge in [-0.2, -0.15) is 0 Å². The number of aliphatic hydroxyl groups is 1. The first kappa shape index (κ1) is 18.5. The van der Waals surface area contributed by atoms with Crippen LogP contribution in [-0.2, 0) is 4.74 Å². The fourth-order valence-electron chi connectivity index (χ4n) is 2.06. The quantitative estimate of drug-likeness (QED) is 0.400. The average Bonchev–Trinajstić information content (AvgIpc) is 2.52. The first-order valence-electron chi connectivity index (χ1n) is 7.34. The summed E-state index contributed by atoms with van der Waals surface area (Å²) in [6.07, 6.45) is 3.10. The van der Waals surface area contributed by atoms with Gasteiger partial charge in [0.15, 0.2) is 0 Å². The third-order valence-electron chi connectivity index (χ3n) is 3.22. The molecule has 2 atom stereocenters. The van der Waals surface area contributed by atoms with Crippen LogP contribution in [0.1, 0.15) is 36.0 Å². The Morgan fingerprint density at radius 2 is 2.05 bits per heavy atom. The van der Waals surface area contributed by atoms with Gasteiger partial charge in [0.2, 0.25) is 0 Å². The molecule has 0 aliphatic rings. The van der Waals surface area contributed by atoms with Gasteiger partial charge >= 0.3 is 5.97 Å². The van der Waals surface area contributed by atoms with Gasteiger partial charge in [0.25, 0.3) is 0 Å². The van der Waals surface area contributed by atoms with Crippen molar-refractivity contribution in [2.24, 2.45) is 0 Å². The zero-order chi connectivity index (χ0) is 16.4. The molecule has 0 saturated heterocycles. The second kappa shape index (κ2) is 10.2. The number of rotatable bonds is 10. The summed E-state index contributed by atoms with van der Waals surface area (Å²) in [5.74, 6) is -0.279. The topological polar surface area (TPSA) is 46.5 Å². The number of esters is 1. The van der Waals surface area contributed by atoms with Crippen LogP contribution >= 0.6 is 11.6 Å². The van der Waals surface area contributed by atoms with Gasteiger partial charge in [-0.05, 0) is 31.4 Å². The van der Waals surface area contributed by atoms with E-state index in [4.69, 9.17) is 16.3 Å². The molecule has 1 rings (SSSR count). The first-order chi connectivity index (χ1) is 10.6. The minimum absolute atomic E-state index is 0.148. The van der Waals surface area contributed by atoms with E-state index in [0.717, 1.165) is 18.4 Å². The molecule has 0 amide bonds. The van der Waals surface area contributed by atoms with Crippen LogP contribution in [0.25, 0.3) is 0 Å². The molecular weight excluding hydrogens is 300 g/mol. The highest BCUT2D eigenvalue weighted by molar-refractivity contribution is 6.18. The first-order valence-corrected chi connectivity index (χ1v) is 7.87. The van der Waals surface area contributed by atoms with Crippen LogP contribution in [0.5, 0.6) is 0 Å². The minimum Gasteiger partial charge on any atom is -0.457 e. The van der Waals surface area contributed by atoms with Gasteiger partial charge < -0.3 is 9.84 Å². The van der Waals surface area contributed by atoms with Crippen molar-refractivity contribution < 1.29 is 14.6 Å². The van der Waals surface area contributed by atoms with Gasteiger partial charge in [-0.3, -0.25) is 0 Å². The molecular formula is C18H23ClO3. The molecule has 0 aliphatic carbocycles. The van der Waals surface area contributed by atoms with E-state index in [-0.39, 0.29) is 5.88 Å². The number of carbonyl (C=O) groups excluding carboxylic acids is 1. The van der Waals surface area contributed by atoms with Crippen molar-refractivity contribution in [2.45, 2.75) is 37.9 Å². The summed E-state index contributed by atoms with van der Waals surface area (Å²) in [4.78, 5) is 12.0.